The van der Waals surface area contributed by atoms with Crippen molar-refractivity contribution in [3.8, 4) is 0 Å². The predicted molar refractivity (Wildman–Crippen MR) is 70.9 cm³/mol. The lowest BCUT2D eigenvalue weighted by Crippen LogP contribution is -2.24. The molecule has 0 unspecified atom stereocenters. The molecule has 0 aliphatic carbocycles. The van der Waals surface area contributed by atoms with E-state index in [0.29, 0.717) is 12.6 Å². The number of likely N-dealkylation sites (tertiary alicyclic amines) is 1. The first-order valence-corrected chi connectivity index (χ1v) is 6.71. The summed E-state index contributed by atoms with van der Waals surface area (Å²) in [4.78, 5) is 2.57. The first-order valence-electron chi connectivity index (χ1n) is 6.71. The van der Waals surface area contributed by atoms with Gasteiger partial charge in [0.15, 0.2) is 0 Å². The van der Waals surface area contributed by atoms with Gasteiger partial charge in [0.25, 0.3) is 0 Å². The van der Waals surface area contributed by atoms with E-state index in [9.17, 15) is 0 Å². The second kappa shape index (κ2) is 6.18. The monoisotopic (exact) mass is 233 g/mol. The van der Waals surface area contributed by atoms with E-state index >= 15 is 0 Å². The van der Waals surface area contributed by atoms with Gasteiger partial charge in [-0.3, -0.25) is 4.90 Å². The normalized spacial score (nSPS) is 22.8. The van der Waals surface area contributed by atoms with Crippen LogP contribution in [0, 0.1) is 5.92 Å². The minimum Gasteiger partial charge on any atom is -0.396 e. The van der Waals surface area contributed by atoms with Crippen LogP contribution < -0.4 is 0 Å². The Balaban J connectivity index is 1.88. The fourth-order valence-corrected chi connectivity index (χ4v) is 2.77. The van der Waals surface area contributed by atoms with Crippen molar-refractivity contribution in [2.24, 2.45) is 5.92 Å². The van der Waals surface area contributed by atoms with E-state index in [4.69, 9.17) is 5.11 Å². The molecule has 2 nitrogen and oxygen atoms in total. The molecule has 1 aromatic rings. The third-order valence-corrected chi connectivity index (χ3v) is 3.92. The van der Waals surface area contributed by atoms with Crippen LogP contribution >= 0.6 is 0 Å². The molecular weight excluding hydrogens is 210 g/mol. The molecule has 2 heteroatoms. The molecule has 1 fully saturated rings. The lowest BCUT2D eigenvalue weighted by molar-refractivity contribution is 0.240. The smallest absolute Gasteiger partial charge is 0.0431 e. The predicted octanol–water partition coefficient (Wildman–Crippen LogP) is 2.84. The Hall–Kier alpha value is -0.860. The van der Waals surface area contributed by atoms with Gasteiger partial charge in [-0.2, -0.15) is 0 Å². The molecule has 1 aliphatic heterocycles. The molecule has 2 rings (SSSR count). The third-order valence-electron chi connectivity index (χ3n) is 3.92. The second-order valence-corrected chi connectivity index (χ2v) is 5.10. The maximum Gasteiger partial charge on any atom is 0.0431 e. The van der Waals surface area contributed by atoms with Gasteiger partial charge in [-0.1, -0.05) is 30.3 Å². The van der Waals surface area contributed by atoms with Crippen LogP contribution in [-0.4, -0.2) is 29.7 Å². The largest absolute Gasteiger partial charge is 0.396 e. The molecule has 0 saturated carbocycles. The molecule has 1 N–H and O–H groups in total. The van der Waals surface area contributed by atoms with Gasteiger partial charge in [0, 0.05) is 19.2 Å². The van der Waals surface area contributed by atoms with Crippen LogP contribution in [0.15, 0.2) is 30.3 Å². The highest BCUT2D eigenvalue weighted by molar-refractivity contribution is 5.18. The highest BCUT2D eigenvalue weighted by Crippen LogP contribution is 2.29. The summed E-state index contributed by atoms with van der Waals surface area (Å²) < 4.78 is 0. The maximum absolute atomic E-state index is 8.87. The number of benzene rings is 1. The molecular formula is C15H23NO. The molecule has 0 bridgehead atoms. The van der Waals surface area contributed by atoms with Crippen molar-refractivity contribution < 1.29 is 5.11 Å². The molecule has 2 atom stereocenters. The summed E-state index contributed by atoms with van der Waals surface area (Å²) in [5.74, 6) is 0.785. The van der Waals surface area contributed by atoms with Gasteiger partial charge in [0.1, 0.15) is 0 Å². The molecule has 1 aliphatic rings. The number of hydrogen-bond donors (Lipinski definition) is 1. The fourth-order valence-electron chi connectivity index (χ4n) is 2.77. The van der Waals surface area contributed by atoms with E-state index in [1.165, 1.54) is 31.5 Å². The van der Waals surface area contributed by atoms with E-state index in [2.05, 4.69) is 42.2 Å². The first kappa shape index (κ1) is 12.6. The third kappa shape index (κ3) is 3.30. The molecule has 0 aromatic heterocycles. The van der Waals surface area contributed by atoms with Gasteiger partial charge in [0.05, 0.1) is 0 Å². The molecule has 1 aromatic carbocycles. The van der Waals surface area contributed by atoms with E-state index in [0.717, 1.165) is 12.3 Å². The minimum absolute atomic E-state index is 0.338. The Bertz CT molecular complexity index is 325. The SMILES string of the molecule is C[C@@H](c1ccccc1)N1CC[C@H](CCCO)C1. The lowest BCUT2D eigenvalue weighted by atomic mass is 10.0. The molecule has 94 valence electrons. The highest BCUT2D eigenvalue weighted by Gasteiger charge is 2.26. The summed E-state index contributed by atoms with van der Waals surface area (Å²) in [5.41, 5.74) is 1.41. The van der Waals surface area contributed by atoms with Crippen LogP contribution in [0.1, 0.15) is 37.8 Å². The van der Waals surface area contributed by atoms with Gasteiger partial charge >= 0.3 is 0 Å². The average molecular weight is 233 g/mol. The van der Waals surface area contributed by atoms with Crippen LogP contribution in [0.5, 0.6) is 0 Å². The van der Waals surface area contributed by atoms with E-state index in [-0.39, 0.29) is 0 Å². The summed E-state index contributed by atoms with van der Waals surface area (Å²) in [5, 5.41) is 8.87. The summed E-state index contributed by atoms with van der Waals surface area (Å²) in [6.07, 6.45) is 3.42. The zero-order valence-electron chi connectivity index (χ0n) is 10.7. The summed E-state index contributed by atoms with van der Waals surface area (Å²) in [6, 6.07) is 11.3. The van der Waals surface area contributed by atoms with Crippen molar-refractivity contribution in [3.63, 3.8) is 0 Å². The number of aliphatic hydroxyl groups excluding tert-OH is 1. The van der Waals surface area contributed by atoms with Crippen LogP contribution in [0.4, 0.5) is 0 Å². The quantitative estimate of drug-likeness (QED) is 0.845. The second-order valence-electron chi connectivity index (χ2n) is 5.10. The standard InChI is InChI=1S/C15H23NO/c1-13(15-7-3-2-4-8-15)16-10-9-14(12-16)6-5-11-17/h2-4,7-8,13-14,17H,5-6,9-12H2,1H3/t13-,14-/m0/s1. The van der Waals surface area contributed by atoms with Gasteiger partial charge in [-0.05, 0) is 44.2 Å². The first-order chi connectivity index (χ1) is 8.31. The van der Waals surface area contributed by atoms with Gasteiger partial charge < -0.3 is 5.11 Å². The van der Waals surface area contributed by atoms with Crippen molar-refractivity contribution >= 4 is 0 Å². The fraction of sp³-hybridized carbons (Fsp3) is 0.600. The van der Waals surface area contributed by atoms with Crippen LogP contribution in [-0.2, 0) is 0 Å². The molecule has 1 saturated heterocycles. The van der Waals surface area contributed by atoms with E-state index < -0.39 is 0 Å². The van der Waals surface area contributed by atoms with Crippen LogP contribution in [0.2, 0.25) is 0 Å². The highest BCUT2D eigenvalue weighted by atomic mass is 16.2. The van der Waals surface area contributed by atoms with E-state index in [1.54, 1.807) is 0 Å². The molecule has 0 spiro atoms. The average Bonchev–Trinajstić information content (AvgIpc) is 2.85. The molecule has 0 amide bonds. The number of rotatable bonds is 5. The number of aliphatic hydroxyl groups is 1. The van der Waals surface area contributed by atoms with Crippen LogP contribution in [0.25, 0.3) is 0 Å². The lowest BCUT2D eigenvalue weighted by Gasteiger charge is -2.24. The van der Waals surface area contributed by atoms with Crippen LogP contribution in [0.3, 0.4) is 0 Å². The Morgan fingerprint density at radius 1 is 1.35 bits per heavy atom. The van der Waals surface area contributed by atoms with Gasteiger partial charge in [-0.25, -0.2) is 0 Å². The van der Waals surface area contributed by atoms with Crippen molar-refractivity contribution in [1.29, 1.82) is 0 Å². The van der Waals surface area contributed by atoms with Crippen molar-refractivity contribution in [2.45, 2.75) is 32.2 Å². The zero-order valence-corrected chi connectivity index (χ0v) is 10.7. The van der Waals surface area contributed by atoms with E-state index in [1.807, 2.05) is 0 Å². The Morgan fingerprint density at radius 3 is 2.82 bits per heavy atom. The Morgan fingerprint density at radius 2 is 2.12 bits per heavy atom. The van der Waals surface area contributed by atoms with Crippen molar-refractivity contribution in [1.82, 2.24) is 4.90 Å². The Labute approximate surface area is 104 Å². The van der Waals surface area contributed by atoms with Crippen molar-refractivity contribution in [3.05, 3.63) is 35.9 Å². The molecule has 1 heterocycles. The van der Waals surface area contributed by atoms with Gasteiger partial charge in [0.2, 0.25) is 0 Å². The summed E-state index contributed by atoms with van der Waals surface area (Å²) in [7, 11) is 0. The van der Waals surface area contributed by atoms with Gasteiger partial charge in [-0.15, -0.1) is 0 Å². The minimum atomic E-state index is 0.338. The Kier molecular flexibility index (Phi) is 4.57. The maximum atomic E-state index is 8.87. The zero-order chi connectivity index (χ0) is 12.1. The number of nitrogens with zero attached hydrogens (tertiary/aromatic N) is 1. The molecule has 17 heavy (non-hydrogen) atoms. The number of hydrogen-bond acceptors (Lipinski definition) is 2. The molecule has 0 radical (unpaired) electrons. The topological polar surface area (TPSA) is 23.5 Å². The van der Waals surface area contributed by atoms with Crippen molar-refractivity contribution in [2.75, 3.05) is 19.7 Å². The summed E-state index contributed by atoms with van der Waals surface area (Å²) in [6.45, 7) is 5.02. The summed E-state index contributed by atoms with van der Waals surface area (Å²) >= 11 is 0.